The number of rotatable bonds is 6. The number of aryl methyl sites for hydroxylation is 1. The molecular formula is C28H24N2O3. The molecule has 0 radical (unpaired) electrons. The minimum atomic E-state index is -0.243. The first-order valence-electron chi connectivity index (χ1n) is 10.6. The zero-order chi connectivity index (χ0) is 23.2. The molecule has 4 aromatic carbocycles. The monoisotopic (exact) mass is 436 g/mol. The third-order valence-corrected chi connectivity index (χ3v) is 5.12. The highest BCUT2D eigenvalue weighted by Crippen LogP contribution is 2.25. The van der Waals surface area contributed by atoms with E-state index in [9.17, 15) is 9.90 Å². The van der Waals surface area contributed by atoms with Crippen LogP contribution in [0.2, 0.25) is 0 Å². The number of benzene rings is 4. The van der Waals surface area contributed by atoms with Gasteiger partial charge in [0.2, 0.25) is 0 Å². The Morgan fingerprint density at radius 3 is 2.30 bits per heavy atom. The molecule has 0 aliphatic rings. The van der Waals surface area contributed by atoms with Crippen LogP contribution in [-0.4, -0.2) is 16.7 Å². The van der Waals surface area contributed by atoms with Crippen molar-refractivity contribution in [3.05, 3.63) is 114 Å². The summed E-state index contributed by atoms with van der Waals surface area (Å²) >= 11 is 0. The van der Waals surface area contributed by atoms with Crippen molar-refractivity contribution in [1.82, 2.24) is 0 Å². The highest BCUT2D eigenvalue weighted by molar-refractivity contribution is 6.05. The second-order valence-electron chi connectivity index (χ2n) is 7.64. The minimum absolute atomic E-state index is 0.147. The molecule has 0 fully saturated rings. The summed E-state index contributed by atoms with van der Waals surface area (Å²) in [7, 11) is 0. The van der Waals surface area contributed by atoms with Crippen molar-refractivity contribution in [2.24, 2.45) is 4.99 Å². The van der Waals surface area contributed by atoms with E-state index >= 15 is 0 Å². The zero-order valence-corrected chi connectivity index (χ0v) is 18.4. The zero-order valence-electron chi connectivity index (χ0n) is 18.4. The molecule has 0 unspecified atom stereocenters. The molecule has 0 saturated carbocycles. The molecule has 0 aliphatic carbocycles. The first-order chi connectivity index (χ1) is 16.0. The van der Waals surface area contributed by atoms with Crippen LogP contribution < -0.4 is 10.1 Å². The van der Waals surface area contributed by atoms with Crippen molar-refractivity contribution in [2.45, 2.75) is 13.8 Å². The van der Waals surface area contributed by atoms with Crippen molar-refractivity contribution in [3.63, 3.8) is 0 Å². The Morgan fingerprint density at radius 1 is 0.818 bits per heavy atom. The quantitative estimate of drug-likeness (QED) is 0.255. The number of carbonyl (C=O) groups excluding carboxylic acids is 1. The van der Waals surface area contributed by atoms with Gasteiger partial charge in [0.1, 0.15) is 17.2 Å². The summed E-state index contributed by atoms with van der Waals surface area (Å²) in [4.78, 5) is 17.5. The number of phenols is 1. The maximum atomic E-state index is 12.7. The summed E-state index contributed by atoms with van der Waals surface area (Å²) < 4.78 is 5.93. The van der Waals surface area contributed by atoms with Crippen LogP contribution in [0.5, 0.6) is 17.2 Å². The average molecular weight is 437 g/mol. The number of carbonyl (C=O) groups is 1. The Morgan fingerprint density at radius 2 is 1.55 bits per heavy atom. The van der Waals surface area contributed by atoms with Gasteiger partial charge in [0, 0.05) is 17.0 Å². The minimum Gasteiger partial charge on any atom is -0.508 e. The number of aliphatic imine (C=N–C) groups is 1. The van der Waals surface area contributed by atoms with Crippen molar-refractivity contribution in [3.8, 4) is 17.2 Å². The molecule has 0 atom stereocenters. The number of aromatic hydroxyl groups is 1. The van der Waals surface area contributed by atoms with Crippen LogP contribution in [-0.2, 0) is 0 Å². The van der Waals surface area contributed by atoms with Crippen LogP contribution in [0.4, 0.5) is 11.4 Å². The fourth-order valence-electron chi connectivity index (χ4n) is 3.27. The molecule has 1 amide bonds. The summed E-state index contributed by atoms with van der Waals surface area (Å²) in [5.41, 5.74) is 4.54. The van der Waals surface area contributed by atoms with Crippen molar-refractivity contribution in [2.75, 3.05) is 5.32 Å². The van der Waals surface area contributed by atoms with Gasteiger partial charge in [-0.1, -0.05) is 36.4 Å². The van der Waals surface area contributed by atoms with E-state index in [2.05, 4.69) is 5.32 Å². The Kier molecular flexibility index (Phi) is 6.51. The van der Waals surface area contributed by atoms with Crippen LogP contribution in [0.25, 0.3) is 0 Å². The summed E-state index contributed by atoms with van der Waals surface area (Å²) in [6, 6.07) is 29.2. The summed E-state index contributed by atoms with van der Waals surface area (Å²) in [5.74, 6) is 1.40. The summed E-state index contributed by atoms with van der Waals surface area (Å²) in [5, 5.41) is 12.2. The third kappa shape index (κ3) is 5.66. The molecule has 4 rings (SSSR count). The smallest absolute Gasteiger partial charge is 0.255 e. The number of hydrogen-bond donors (Lipinski definition) is 2. The lowest BCUT2D eigenvalue weighted by molar-refractivity contribution is 0.102. The van der Waals surface area contributed by atoms with E-state index in [-0.39, 0.29) is 11.7 Å². The van der Waals surface area contributed by atoms with Gasteiger partial charge < -0.3 is 15.2 Å². The Hall–Kier alpha value is -4.38. The fourth-order valence-corrected chi connectivity index (χ4v) is 3.27. The van der Waals surface area contributed by atoms with Gasteiger partial charge in [0.05, 0.1) is 5.69 Å². The third-order valence-electron chi connectivity index (χ3n) is 5.12. The van der Waals surface area contributed by atoms with E-state index in [0.717, 1.165) is 34.0 Å². The van der Waals surface area contributed by atoms with Gasteiger partial charge >= 0.3 is 0 Å². The first kappa shape index (κ1) is 21.8. The topological polar surface area (TPSA) is 70.9 Å². The fraction of sp³-hybridized carbons (Fsp3) is 0.0714. The average Bonchev–Trinajstić information content (AvgIpc) is 2.82. The maximum absolute atomic E-state index is 12.7. The van der Waals surface area contributed by atoms with Crippen molar-refractivity contribution in [1.29, 1.82) is 0 Å². The standard InChI is InChI=1S/C28H24N2O3/c1-19-11-12-22(28(32)30-23-13-15-24(31)16-14-23)18-27(19)29-20(2)21-7-6-10-26(17-21)33-25-8-4-3-5-9-25/h3-18,31H,1-2H3,(H,30,32). The Balaban J connectivity index is 1.55. The number of para-hydroxylation sites is 1. The van der Waals surface area contributed by atoms with E-state index in [1.807, 2.05) is 74.5 Å². The van der Waals surface area contributed by atoms with Crippen LogP contribution in [0, 0.1) is 6.92 Å². The molecule has 0 aromatic heterocycles. The number of hydrogen-bond acceptors (Lipinski definition) is 4. The number of nitrogens with one attached hydrogen (secondary N) is 1. The number of nitrogens with zero attached hydrogens (tertiary/aromatic N) is 1. The molecule has 0 bridgehead atoms. The Labute approximate surface area is 193 Å². The van der Waals surface area contributed by atoms with Gasteiger partial charge in [-0.2, -0.15) is 0 Å². The highest BCUT2D eigenvalue weighted by Gasteiger charge is 2.10. The lowest BCUT2D eigenvalue weighted by Gasteiger charge is -2.10. The van der Waals surface area contributed by atoms with Crippen molar-refractivity contribution < 1.29 is 14.6 Å². The number of ether oxygens (including phenoxy) is 1. The van der Waals surface area contributed by atoms with Gasteiger partial charge in [-0.05, 0) is 85.6 Å². The molecule has 2 N–H and O–H groups in total. The molecule has 0 spiro atoms. The normalized spacial score (nSPS) is 11.2. The van der Waals surface area contributed by atoms with E-state index in [0.29, 0.717) is 11.3 Å². The van der Waals surface area contributed by atoms with E-state index in [4.69, 9.17) is 9.73 Å². The predicted octanol–water partition coefficient (Wildman–Crippen LogP) is 6.89. The first-order valence-corrected chi connectivity index (χ1v) is 10.6. The lowest BCUT2D eigenvalue weighted by atomic mass is 10.1. The number of amides is 1. The molecule has 0 aliphatic heterocycles. The summed E-state index contributed by atoms with van der Waals surface area (Å²) in [6.07, 6.45) is 0. The molecule has 0 heterocycles. The molecule has 33 heavy (non-hydrogen) atoms. The van der Waals surface area contributed by atoms with E-state index in [1.165, 1.54) is 12.1 Å². The van der Waals surface area contributed by atoms with Gasteiger partial charge in [0.25, 0.3) is 5.91 Å². The molecule has 5 heteroatoms. The second-order valence-corrected chi connectivity index (χ2v) is 7.64. The van der Waals surface area contributed by atoms with Crippen molar-refractivity contribution >= 4 is 23.0 Å². The molecule has 5 nitrogen and oxygen atoms in total. The second kappa shape index (κ2) is 9.83. The molecule has 164 valence electrons. The highest BCUT2D eigenvalue weighted by atomic mass is 16.5. The number of phenolic OH excluding ortho intramolecular Hbond substituents is 1. The van der Waals surface area contributed by atoms with Gasteiger partial charge in [0.15, 0.2) is 0 Å². The molecule has 4 aromatic rings. The maximum Gasteiger partial charge on any atom is 0.255 e. The summed E-state index contributed by atoms with van der Waals surface area (Å²) in [6.45, 7) is 3.90. The predicted molar refractivity (Wildman–Crippen MR) is 132 cm³/mol. The SMILES string of the molecule is CC(=Nc1cc(C(=O)Nc2ccc(O)cc2)ccc1C)c1cccc(Oc2ccccc2)c1. The van der Waals surface area contributed by atoms with Gasteiger partial charge in [-0.3, -0.25) is 9.79 Å². The van der Waals surface area contributed by atoms with Crippen LogP contribution in [0.1, 0.15) is 28.4 Å². The van der Waals surface area contributed by atoms with Gasteiger partial charge in [-0.15, -0.1) is 0 Å². The van der Waals surface area contributed by atoms with E-state index < -0.39 is 0 Å². The van der Waals surface area contributed by atoms with E-state index in [1.54, 1.807) is 24.3 Å². The largest absolute Gasteiger partial charge is 0.508 e. The van der Waals surface area contributed by atoms with Gasteiger partial charge in [-0.25, -0.2) is 0 Å². The van der Waals surface area contributed by atoms with Crippen LogP contribution >= 0.6 is 0 Å². The Bertz CT molecular complexity index is 1300. The van der Waals surface area contributed by atoms with Crippen LogP contribution in [0.3, 0.4) is 0 Å². The van der Waals surface area contributed by atoms with Crippen LogP contribution in [0.15, 0.2) is 102 Å². The number of anilines is 1. The molecular weight excluding hydrogens is 412 g/mol. The lowest BCUT2D eigenvalue weighted by Crippen LogP contribution is -2.11. The molecule has 0 saturated heterocycles.